The predicted molar refractivity (Wildman–Crippen MR) is 87.4 cm³/mol. The summed E-state index contributed by atoms with van der Waals surface area (Å²) in [5.74, 6) is 0. The smallest absolute Gasteiger partial charge is 0.0445 e. The molecular weight excluding hydrogens is 266 g/mol. The summed E-state index contributed by atoms with van der Waals surface area (Å²) >= 11 is 1.75. The van der Waals surface area contributed by atoms with Crippen molar-refractivity contribution in [3.05, 3.63) is 45.9 Å². The number of nitrogens with zero attached hydrogens (tertiary/aromatic N) is 2. The molecule has 0 atom stereocenters. The molecule has 0 aliphatic heterocycles. The summed E-state index contributed by atoms with van der Waals surface area (Å²) in [6, 6.07) is 4.36. The summed E-state index contributed by atoms with van der Waals surface area (Å²) in [6.07, 6.45) is 3.15. The fourth-order valence-corrected chi connectivity index (χ4v) is 2.87. The zero-order chi connectivity index (χ0) is 14.4. The second-order valence-electron chi connectivity index (χ2n) is 5.12. The number of anilines is 1. The SMILES string of the molecule is CCCNCc1cnc(C)cc1N(C)Cc1ccsc1. The molecule has 0 amide bonds. The Balaban J connectivity index is 2.13. The Bertz CT molecular complexity index is 523. The molecule has 3 nitrogen and oxygen atoms in total. The van der Waals surface area contributed by atoms with Crippen molar-refractivity contribution in [2.45, 2.75) is 33.4 Å². The first-order valence-electron chi connectivity index (χ1n) is 7.09. The summed E-state index contributed by atoms with van der Waals surface area (Å²) in [5.41, 5.74) is 4.96. The first-order chi connectivity index (χ1) is 9.70. The summed E-state index contributed by atoms with van der Waals surface area (Å²) in [6.45, 7) is 7.09. The fraction of sp³-hybridized carbons (Fsp3) is 0.438. The Labute approximate surface area is 125 Å². The molecule has 2 aromatic rings. The van der Waals surface area contributed by atoms with Crippen LogP contribution in [0.15, 0.2) is 29.1 Å². The molecule has 2 rings (SSSR count). The van der Waals surface area contributed by atoms with Crippen LogP contribution in [0.5, 0.6) is 0 Å². The largest absolute Gasteiger partial charge is 0.370 e. The lowest BCUT2D eigenvalue weighted by molar-refractivity contribution is 0.671. The molecule has 108 valence electrons. The molecule has 20 heavy (non-hydrogen) atoms. The lowest BCUT2D eigenvalue weighted by Gasteiger charge is -2.22. The normalized spacial score (nSPS) is 10.8. The third kappa shape index (κ3) is 4.05. The highest BCUT2D eigenvalue weighted by molar-refractivity contribution is 7.07. The molecule has 0 saturated heterocycles. The van der Waals surface area contributed by atoms with Crippen LogP contribution in [0.1, 0.15) is 30.2 Å². The molecule has 0 spiro atoms. The van der Waals surface area contributed by atoms with Crippen LogP contribution in [-0.4, -0.2) is 18.6 Å². The molecule has 2 heterocycles. The minimum absolute atomic E-state index is 0.879. The molecule has 2 aromatic heterocycles. The van der Waals surface area contributed by atoms with Gasteiger partial charge in [0.2, 0.25) is 0 Å². The van der Waals surface area contributed by atoms with Crippen molar-refractivity contribution in [3.8, 4) is 0 Å². The molecule has 0 fully saturated rings. The van der Waals surface area contributed by atoms with E-state index in [1.807, 2.05) is 13.1 Å². The maximum atomic E-state index is 4.43. The van der Waals surface area contributed by atoms with Crippen molar-refractivity contribution >= 4 is 17.0 Å². The summed E-state index contributed by atoms with van der Waals surface area (Å²) < 4.78 is 0. The van der Waals surface area contributed by atoms with Gasteiger partial charge in [0.05, 0.1) is 0 Å². The number of nitrogens with one attached hydrogen (secondary N) is 1. The first-order valence-corrected chi connectivity index (χ1v) is 8.03. The average Bonchev–Trinajstić information content (AvgIpc) is 2.93. The number of aromatic nitrogens is 1. The lowest BCUT2D eigenvalue weighted by atomic mass is 10.1. The van der Waals surface area contributed by atoms with Gasteiger partial charge in [-0.1, -0.05) is 6.92 Å². The van der Waals surface area contributed by atoms with Gasteiger partial charge in [0.1, 0.15) is 0 Å². The summed E-state index contributed by atoms with van der Waals surface area (Å²) in [5, 5.41) is 7.80. The van der Waals surface area contributed by atoms with E-state index in [1.165, 1.54) is 16.8 Å². The third-order valence-electron chi connectivity index (χ3n) is 3.25. The topological polar surface area (TPSA) is 28.2 Å². The van der Waals surface area contributed by atoms with Crippen molar-refractivity contribution in [3.63, 3.8) is 0 Å². The van der Waals surface area contributed by atoms with Crippen molar-refractivity contribution in [1.82, 2.24) is 10.3 Å². The highest BCUT2D eigenvalue weighted by Gasteiger charge is 2.09. The average molecular weight is 289 g/mol. The van der Waals surface area contributed by atoms with E-state index >= 15 is 0 Å². The number of thiophene rings is 1. The van der Waals surface area contributed by atoms with Gasteiger partial charge in [0, 0.05) is 43.3 Å². The Kier molecular flexibility index (Phi) is 5.56. The Hall–Kier alpha value is -1.39. The van der Waals surface area contributed by atoms with Crippen molar-refractivity contribution in [1.29, 1.82) is 0 Å². The highest BCUT2D eigenvalue weighted by Crippen LogP contribution is 2.22. The van der Waals surface area contributed by atoms with Gasteiger partial charge in [-0.2, -0.15) is 11.3 Å². The number of aryl methyl sites for hydroxylation is 1. The van der Waals surface area contributed by atoms with Gasteiger partial charge in [-0.15, -0.1) is 0 Å². The van der Waals surface area contributed by atoms with Crippen molar-refractivity contribution < 1.29 is 0 Å². The summed E-state index contributed by atoms with van der Waals surface area (Å²) in [7, 11) is 2.15. The Morgan fingerprint density at radius 1 is 1.40 bits per heavy atom. The van der Waals surface area contributed by atoms with E-state index in [1.54, 1.807) is 11.3 Å². The highest BCUT2D eigenvalue weighted by atomic mass is 32.1. The molecular formula is C16H23N3S. The van der Waals surface area contributed by atoms with Gasteiger partial charge in [-0.3, -0.25) is 4.98 Å². The van der Waals surface area contributed by atoms with Crippen LogP contribution >= 0.6 is 11.3 Å². The van der Waals surface area contributed by atoms with Gasteiger partial charge in [0.15, 0.2) is 0 Å². The van der Waals surface area contributed by atoms with E-state index in [0.717, 1.165) is 31.7 Å². The van der Waals surface area contributed by atoms with E-state index in [0.29, 0.717) is 0 Å². The van der Waals surface area contributed by atoms with Crippen LogP contribution in [0.4, 0.5) is 5.69 Å². The van der Waals surface area contributed by atoms with E-state index in [9.17, 15) is 0 Å². The molecule has 1 N–H and O–H groups in total. The zero-order valence-corrected chi connectivity index (χ0v) is 13.3. The molecule has 0 aliphatic rings. The quantitative estimate of drug-likeness (QED) is 0.790. The number of rotatable bonds is 7. The van der Waals surface area contributed by atoms with Gasteiger partial charge >= 0.3 is 0 Å². The van der Waals surface area contributed by atoms with E-state index in [-0.39, 0.29) is 0 Å². The Morgan fingerprint density at radius 2 is 2.25 bits per heavy atom. The van der Waals surface area contributed by atoms with Gasteiger partial charge in [-0.25, -0.2) is 0 Å². The van der Waals surface area contributed by atoms with Crippen LogP contribution < -0.4 is 10.2 Å². The molecule has 0 unspecified atom stereocenters. The van der Waals surface area contributed by atoms with Crippen LogP contribution in [-0.2, 0) is 13.1 Å². The van der Waals surface area contributed by atoms with Gasteiger partial charge < -0.3 is 10.2 Å². The minimum atomic E-state index is 0.879. The number of hydrogen-bond donors (Lipinski definition) is 1. The fourth-order valence-electron chi connectivity index (χ4n) is 2.21. The number of hydrogen-bond acceptors (Lipinski definition) is 4. The van der Waals surface area contributed by atoms with Crippen molar-refractivity contribution in [2.75, 3.05) is 18.5 Å². The molecule has 4 heteroatoms. The molecule has 0 saturated carbocycles. The molecule has 0 aliphatic carbocycles. The standard InChI is InChI=1S/C16H23N3S/c1-4-6-17-9-15-10-18-13(2)8-16(15)19(3)11-14-5-7-20-12-14/h5,7-8,10,12,17H,4,6,9,11H2,1-3H3. The molecule has 0 aromatic carbocycles. The predicted octanol–water partition coefficient (Wildman–Crippen LogP) is 3.59. The maximum absolute atomic E-state index is 4.43. The lowest BCUT2D eigenvalue weighted by Crippen LogP contribution is -2.21. The van der Waals surface area contributed by atoms with Gasteiger partial charge in [-0.05, 0) is 48.3 Å². The van der Waals surface area contributed by atoms with E-state index in [2.05, 4.69) is 52.1 Å². The van der Waals surface area contributed by atoms with E-state index in [4.69, 9.17) is 0 Å². The monoisotopic (exact) mass is 289 g/mol. The molecule has 0 radical (unpaired) electrons. The maximum Gasteiger partial charge on any atom is 0.0445 e. The van der Waals surface area contributed by atoms with Crippen LogP contribution in [0.3, 0.4) is 0 Å². The zero-order valence-electron chi connectivity index (χ0n) is 12.5. The first kappa shape index (κ1) is 15.0. The Morgan fingerprint density at radius 3 is 2.95 bits per heavy atom. The van der Waals surface area contributed by atoms with Crippen LogP contribution in [0.25, 0.3) is 0 Å². The summed E-state index contributed by atoms with van der Waals surface area (Å²) in [4.78, 5) is 6.74. The van der Waals surface area contributed by atoms with Crippen molar-refractivity contribution in [2.24, 2.45) is 0 Å². The second kappa shape index (κ2) is 7.41. The third-order valence-corrected chi connectivity index (χ3v) is 3.98. The number of pyridine rings is 1. The van der Waals surface area contributed by atoms with Crippen LogP contribution in [0, 0.1) is 6.92 Å². The second-order valence-corrected chi connectivity index (χ2v) is 5.90. The van der Waals surface area contributed by atoms with Gasteiger partial charge in [0.25, 0.3) is 0 Å². The van der Waals surface area contributed by atoms with Crippen LogP contribution in [0.2, 0.25) is 0 Å². The van der Waals surface area contributed by atoms with E-state index < -0.39 is 0 Å². The minimum Gasteiger partial charge on any atom is -0.370 e. The molecule has 0 bridgehead atoms.